The topological polar surface area (TPSA) is 69.7 Å². The molecule has 0 amide bonds. The van der Waals surface area contributed by atoms with Crippen LogP contribution < -0.4 is 10.6 Å². The van der Waals surface area contributed by atoms with Gasteiger partial charge in [0, 0.05) is 34.5 Å². The summed E-state index contributed by atoms with van der Waals surface area (Å²) in [5, 5.41) is 18.5. The molecule has 0 saturated carbocycles. The van der Waals surface area contributed by atoms with Gasteiger partial charge in [-0.15, -0.1) is 0 Å². The number of aliphatic hydroxyl groups is 2. The largest absolute Gasteiger partial charge is 0.399 e. The Kier molecular flexibility index (Phi) is 5.61. The number of rotatable bonds is 6. The van der Waals surface area contributed by atoms with Gasteiger partial charge in [0.1, 0.15) is 0 Å². The highest BCUT2D eigenvalue weighted by molar-refractivity contribution is 9.10. The van der Waals surface area contributed by atoms with Crippen LogP contribution in [0.3, 0.4) is 0 Å². The van der Waals surface area contributed by atoms with E-state index in [4.69, 9.17) is 5.73 Å². The highest BCUT2D eigenvalue weighted by Gasteiger charge is 2.13. The van der Waals surface area contributed by atoms with Crippen molar-refractivity contribution >= 4 is 27.3 Å². The molecule has 0 unspecified atom stereocenters. The summed E-state index contributed by atoms with van der Waals surface area (Å²) in [5.74, 6) is 0. The van der Waals surface area contributed by atoms with E-state index in [-0.39, 0.29) is 13.2 Å². The van der Waals surface area contributed by atoms with E-state index in [0.29, 0.717) is 18.8 Å². The summed E-state index contributed by atoms with van der Waals surface area (Å²) >= 11 is 3.48. The van der Waals surface area contributed by atoms with Gasteiger partial charge in [-0.2, -0.15) is 0 Å². The number of aliphatic hydroxyl groups excluding tert-OH is 2. The van der Waals surface area contributed by atoms with Crippen LogP contribution in [-0.2, 0) is 0 Å². The van der Waals surface area contributed by atoms with Crippen molar-refractivity contribution in [1.29, 1.82) is 0 Å². The van der Waals surface area contributed by atoms with Crippen molar-refractivity contribution in [3.8, 4) is 11.1 Å². The molecule has 0 aromatic heterocycles. The number of nitrogens with zero attached hydrogens (tertiary/aromatic N) is 1. The number of hydrogen-bond donors (Lipinski definition) is 3. The van der Waals surface area contributed by atoms with Crippen LogP contribution in [0.5, 0.6) is 0 Å². The summed E-state index contributed by atoms with van der Waals surface area (Å²) in [7, 11) is 0. The average molecular weight is 351 g/mol. The van der Waals surface area contributed by atoms with E-state index in [9.17, 15) is 10.2 Å². The lowest BCUT2D eigenvalue weighted by atomic mass is 10.0. The summed E-state index contributed by atoms with van der Waals surface area (Å²) in [6.45, 7) is 0.988. The van der Waals surface area contributed by atoms with Gasteiger partial charge in [0.15, 0.2) is 0 Å². The minimum absolute atomic E-state index is 0.0301. The zero-order valence-electron chi connectivity index (χ0n) is 11.7. The van der Waals surface area contributed by atoms with Crippen LogP contribution in [0.15, 0.2) is 46.9 Å². The van der Waals surface area contributed by atoms with Crippen molar-refractivity contribution in [2.75, 3.05) is 36.9 Å². The summed E-state index contributed by atoms with van der Waals surface area (Å²) in [5.41, 5.74) is 9.57. The highest BCUT2D eigenvalue weighted by atomic mass is 79.9. The third-order valence-corrected chi connectivity index (χ3v) is 3.73. The molecule has 0 bridgehead atoms. The summed E-state index contributed by atoms with van der Waals surface area (Å²) in [6.07, 6.45) is 0. The molecule has 0 heterocycles. The van der Waals surface area contributed by atoms with Crippen molar-refractivity contribution in [3.63, 3.8) is 0 Å². The van der Waals surface area contributed by atoms with Crippen LogP contribution in [0.2, 0.25) is 0 Å². The minimum atomic E-state index is 0.0301. The summed E-state index contributed by atoms with van der Waals surface area (Å²) in [4.78, 5) is 1.95. The average Bonchev–Trinajstić information content (AvgIpc) is 2.47. The van der Waals surface area contributed by atoms with Gasteiger partial charge in [0.25, 0.3) is 0 Å². The number of nitrogens with two attached hydrogens (primary N) is 1. The van der Waals surface area contributed by atoms with Crippen molar-refractivity contribution in [3.05, 3.63) is 46.9 Å². The van der Waals surface area contributed by atoms with Gasteiger partial charge < -0.3 is 20.8 Å². The fourth-order valence-corrected chi connectivity index (χ4v) is 2.71. The van der Waals surface area contributed by atoms with Gasteiger partial charge in [-0.3, -0.25) is 0 Å². The molecule has 2 aromatic rings. The standard InChI is InChI=1S/C16H19BrN2O2/c17-13-3-1-2-12(10-13)15-11-14(18)4-5-16(15)19(6-8-20)7-9-21/h1-5,10-11,20-21H,6-9,18H2. The number of hydrogen-bond acceptors (Lipinski definition) is 4. The first-order valence-corrected chi connectivity index (χ1v) is 7.57. The number of benzene rings is 2. The first-order valence-electron chi connectivity index (χ1n) is 6.78. The van der Waals surface area contributed by atoms with Crippen LogP contribution in [0.1, 0.15) is 0 Å². The maximum atomic E-state index is 9.23. The molecule has 0 aliphatic rings. The van der Waals surface area contributed by atoms with Crippen LogP contribution >= 0.6 is 15.9 Å². The molecule has 0 spiro atoms. The zero-order chi connectivity index (χ0) is 15.2. The maximum Gasteiger partial charge on any atom is 0.0606 e. The maximum absolute atomic E-state index is 9.23. The fourth-order valence-electron chi connectivity index (χ4n) is 2.31. The Labute approximate surface area is 133 Å². The van der Waals surface area contributed by atoms with Gasteiger partial charge in [-0.25, -0.2) is 0 Å². The van der Waals surface area contributed by atoms with Crippen molar-refractivity contribution in [2.45, 2.75) is 0 Å². The van der Waals surface area contributed by atoms with Gasteiger partial charge in [-0.1, -0.05) is 28.1 Å². The van der Waals surface area contributed by atoms with Crippen LogP contribution in [0.4, 0.5) is 11.4 Å². The predicted octanol–water partition coefficient (Wildman–Crippen LogP) is 2.49. The van der Waals surface area contributed by atoms with E-state index >= 15 is 0 Å². The number of nitrogen functional groups attached to an aromatic ring is 1. The first kappa shape index (κ1) is 15.8. The number of anilines is 2. The summed E-state index contributed by atoms with van der Waals surface area (Å²) < 4.78 is 0.990. The molecule has 0 saturated heterocycles. The molecule has 5 heteroatoms. The quantitative estimate of drug-likeness (QED) is 0.700. The molecule has 0 radical (unpaired) electrons. The lowest BCUT2D eigenvalue weighted by Crippen LogP contribution is -2.30. The lowest BCUT2D eigenvalue weighted by Gasteiger charge is -2.26. The normalized spacial score (nSPS) is 10.6. The molecule has 0 fully saturated rings. The fraction of sp³-hybridized carbons (Fsp3) is 0.250. The van der Waals surface area contributed by atoms with Crippen LogP contribution in [0.25, 0.3) is 11.1 Å². The second kappa shape index (κ2) is 7.45. The Bertz CT molecular complexity index is 599. The Morgan fingerprint density at radius 2 is 1.71 bits per heavy atom. The van der Waals surface area contributed by atoms with E-state index in [0.717, 1.165) is 21.3 Å². The smallest absolute Gasteiger partial charge is 0.0606 e. The van der Waals surface area contributed by atoms with Crippen molar-refractivity contribution in [2.24, 2.45) is 0 Å². The third kappa shape index (κ3) is 3.97. The van der Waals surface area contributed by atoms with Crippen molar-refractivity contribution < 1.29 is 10.2 Å². The van der Waals surface area contributed by atoms with Crippen molar-refractivity contribution in [1.82, 2.24) is 0 Å². The molecule has 4 nitrogen and oxygen atoms in total. The van der Waals surface area contributed by atoms with E-state index in [1.807, 2.05) is 47.4 Å². The van der Waals surface area contributed by atoms with Gasteiger partial charge in [0.2, 0.25) is 0 Å². The van der Waals surface area contributed by atoms with Crippen LogP contribution in [-0.4, -0.2) is 36.5 Å². The van der Waals surface area contributed by atoms with Gasteiger partial charge in [-0.05, 0) is 35.9 Å². The molecule has 21 heavy (non-hydrogen) atoms. The van der Waals surface area contributed by atoms with Gasteiger partial charge >= 0.3 is 0 Å². The molecular weight excluding hydrogens is 332 g/mol. The first-order chi connectivity index (χ1) is 10.2. The Balaban J connectivity index is 2.50. The Morgan fingerprint density at radius 3 is 2.33 bits per heavy atom. The molecule has 0 aliphatic heterocycles. The summed E-state index contributed by atoms with van der Waals surface area (Å²) in [6, 6.07) is 13.6. The lowest BCUT2D eigenvalue weighted by molar-refractivity contribution is 0.281. The molecule has 2 rings (SSSR count). The van der Waals surface area contributed by atoms with E-state index < -0.39 is 0 Å². The number of halogens is 1. The van der Waals surface area contributed by atoms with E-state index in [1.54, 1.807) is 0 Å². The Hall–Kier alpha value is -1.56. The highest BCUT2D eigenvalue weighted by Crippen LogP contribution is 2.33. The molecule has 4 N–H and O–H groups in total. The van der Waals surface area contributed by atoms with E-state index in [2.05, 4.69) is 15.9 Å². The third-order valence-electron chi connectivity index (χ3n) is 3.24. The SMILES string of the molecule is Nc1ccc(N(CCO)CCO)c(-c2cccc(Br)c2)c1. The van der Waals surface area contributed by atoms with Crippen LogP contribution in [0, 0.1) is 0 Å². The predicted molar refractivity (Wildman–Crippen MR) is 90.4 cm³/mol. The molecular formula is C16H19BrN2O2. The molecule has 2 aromatic carbocycles. The molecule has 112 valence electrons. The zero-order valence-corrected chi connectivity index (χ0v) is 13.3. The second-order valence-electron chi connectivity index (χ2n) is 4.72. The molecule has 0 atom stereocenters. The molecule has 0 aliphatic carbocycles. The monoisotopic (exact) mass is 350 g/mol. The Morgan fingerprint density at radius 1 is 1.00 bits per heavy atom. The van der Waals surface area contributed by atoms with Gasteiger partial charge in [0.05, 0.1) is 13.2 Å². The minimum Gasteiger partial charge on any atom is -0.399 e. The second-order valence-corrected chi connectivity index (χ2v) is 5.64. The van der Waals surface area contributed by atoms with E-state index in [1.165, 1.54) is 0 Å².